The van der Waals surface area contributed by atoms with Crippen LogP contribution in [0, 0.1) is 0 Å². The van der Waals surface area contributed by atoms with Crippen molar-refractivity contribution in [2.45, 2.75) is 31.2 Å². The van der Waals surface area contributed by atoms with Gasteiger partial charge in [0.05, 0.1) is 5.56 Å². The molecule has 1 N–H and O–H groups in total. The van der Waals surface area contributed by atoms with Gasteiger partial charge in [-0.25, -0.2) is 4.79 Å². The van der Waals surface area contributed by atoms with Crippen LogP contribution in [0.25, 0.3) is 0 Å². The maximum atomic E-state index is 12.9. The predicted molar refractivity (Wildman–Crippen MR) is 94.9 cm³/mol. The van der Waals surface area contributed by atoms with E-state index in [1.165, 1.54) is 6.07 Å². The van der Waals surface area contributed by atoms with Gasteiger partial charge in [0.2, 0.25) is 6.10 Å². The van der Waals surface area contributed by atoms with E-state index in [1.54, 1.807) is 7.85 Å². The summed E-state index contributed by atoms with van der Waals surface area (Å²) in [6.07, 6.45) is -6.48. The highest BCUT2D eigenvalue weighted by Crippen LogP contribution is 2.27. The number of rotatable bonds is 7. The summed E-state index contributed by atoms with van der Waals surface area (Å²) in [5, 5.41) is 0. The number of esters is 1. The highest BCUT2D eigenvalue weighted by Gasteiger charge is 2.45. The fourth-order valence-electron chi connectivity index (χ4n) is 2.50. The third-order valence-corrected chi connectivity index (χ3v) is 4.47. The second-order valence-corrected chi connectivity index (χ2v) is 7.02. The number of halogens is 3. The molecule has 1 aromatic carbocycles. The van der Waals surface area contributed by atoms with Gasteiger partial charge in [-0.2, -0.15) is 21.6 Å². The van der Waals surface area contributed by atoms with Gasteiger partial charge in [0.25, 0.3) is 10.1 Å². The summed E-state index contributed by atoms with van der Waals surface area (Å²) >= 11 is 0. The van der Waals surface area contributed by atoms with Crippen LogP contribution in [0.15, 0.2) is 12.1 Å². The van der Waals surface area contributed by atoms with Crippen LogP contribution in [-0.2, 0) is 33.8 Å². The van der Waals surface area contributed by atoms with Gasteiger partial charge in [-0.15, -0.1) is 0 Å². The second kappa shape index (κ2) is 8.31. The van der Waals surface area contributed by atoms with Gasteiger partial charge in [-0.05, 0) is 11.6 Å². The van der Waals surface area contributed by atoms with Crippen LogP contribution in [0.2, 0.25) is 0 Å². The zero-order chi connectivity index (χ0) is 19.4. The minimum Gasteiger partial charge on any atom is -0.448 e. The highest BCUT2D eigenvalue weighted by atomic mass is 32.2. The lowest BCUT2D eigenvalue weighted by molar-refractivity contribution is -0.197. The Bertz CT molecular complexity index is 737. The van der Waals surface area contributed by atoms with E-state index < -0.39 is 34.1 Å². The average molecular weight is 376 g/mol. The molecule has 1 rings (SSSR count). The summed E-state index contributed by atoms with van der Waals surface area (Å²) in [6.45, 7) is 0. The van der Waals surface area contributed by atoms with Crippen LogP contribution in [0.4, 0.5) is 13.2 Å². The van der Waals surface area contributed by atoms with Crippen LogP contribution in [0.5, 0.6) is 0 Å². The van der Waals surface area contributed by atoms with Gasteiger partial charge in [0, 0.05) is 0 Å². The SMILES string of the molecule is BCc1cc(CB)c(CB)c(C(=O)OC(CS(=O)(=O)O)C(F)(F)F)c1. The van der Waals surface area contributed by atoms with E-state index in [0.29, 0.717) is 24.5 Å². The molecule has 0 heterocycles. The minimum absolute atomic E-state index is 0.0108. The molecule has 136 valence electrons. The van der Waals surface area contributed by atoms with Crippen molar-refractivity contribution in [1.29, 1.82) is 0 Å². The Morgan fingerprint density at radius 3 is 2.16 bits per heavy atom. The van der Waals surface area contributed by atoms with Gasteiger partial charge in [0.1, 0.15) is 29.3 Å². The minimum atomic E-state index is -5.12. The number of ether oxygens (including phenoxy) is 1. The molecule has 25 heavy (non-hydrogen) atoms. The Morgan fingerprint density at radius 1 is 1.16 bits per heavy atom. The first kappa shape index (κ1) is 21.6. The Balaban J connectivity index is 3.29. The largest absolute Gasteiger partial charge is 0.448 e. The average Bonchev–Trinajstić information content (AvgIpc) is 2.50. The molecule has 0 aromatic heterocycles. The molecule has 0 aliphatic rings. The number of carbonyl (C=O) groups excluding carboxylic acids is 1. The third-order valence-electron chi connectivity index (χ3n) is 3.74. The first-order chi connectivity index (χ1) is 11.4. The van der Waals surface area contributed by atoms with Crippen molar-refractivity contribution >= 4 is 39.6 Å². The lowest BCUT2D eigenvalue weighted by Gasteiger charge is -2.21. The van der Waals surface area contributed by atoms with E-state index in [1.807, 2.05) is 21.8 Å². The lowest BCUT2D eigenvalue weighted by atomic mass is 9.81. The van der Waals surface area contributed by atoms with E-state index in [4.69, 9.17) is 4.55 Å². The summed E-state index contributed by atoms with van der Waals surface area (Å²) in [5.74, 6) is -2.99. The van der Waals surface area contributed by atoms with Crippen LogP contribution in [0.3, 0.4) is 0 Å². The van der Waals surface area contributed by atoms with Gasteiger partial charge >= 0.3 is 12.1 Å². The first-order valence-corrected chi connectivity index (χ1v) is 9.41. The molecule has 0 fully saturated rings. The molecule has 0 saturated carbocycles. The smallest absolute Gasteiger partial charge is 0.426 e. The van der Waals surface area contributed by atoms with Crippen molar-refractivity contribution in [1.82, 2.24) is 0 Å². The van der Waals surface area contributed by atoms with Crippen molar-refractivity contribution in [3.05, 3.63) is 34.4 Å². The van der Waals surface area contributed by atoms with Gasteiger partial charge in [-0.3, -0.25) is 4.55 Å². The molecule has 0 aliphatic heterocycles. The van der Waals surface area contributed by atoms with E-state index in [0.717, 1.165) is 11.1 Å². The van der Waals surface area contributed by atoms with Crippen molar-refractivity contribution in [3.63, 3.8) is 0 Å². The summed E-state index contributed by atoms with van der Waals surface area (Å²) in [6, 6.07) is 3.34. The number of hydrogen-bond donors (Lipinski definition) is 1. The number of alkyl halides is 3. The number of benzene rings is 1. The highest BCUT2D eigenvalue weighted by molar-refractivity contribution is 7.85. The molecule has 0 amide bonds. The Kier molecular flexibility index (Phi) is 7.19. The summed E-state index contributed by atoms with van der Waals surface area (Å²) in [5.41, 5.74) is 2.15. The summed E-state index contributed by atoms with van der Waals surface area (Å²) < 4.78 is 73.5. The molecule has 5 nitrogen and oxygen atoms in total. The number of carbonyl (C=O) groups is 1. The van der Waals surface area contributed by atoms with E-state index in [-0.39, 0.29) is 5.56 Å². The quantitative estimate of drug-likeness (QED) is 0.378. The van der Waals surface area contributed by atoms with Crippen LogP contribution < -0.4 is 0 Å². The van der Waals surface area contributed by atoms with E-state index in [9.17, 15) is 26.4 Å². The Hall–Kier alpha value is -1.42. The Labute approximate surface area is 147 Å². The molecule has 1 aromatic rings. The maximum Gasteiger partial charge on any atom is 0.426 e. The van der Waals surface area contributed by atoms with Crippen molar-refractivity contribution < 1.29 is 35.7 Å². The van der Waals surface area contributed by atoms with Crippen LogP contribution in [-0.4, -0.2) is 60.5 Å². The van der Waals surface area contributed by atoms with Crippen LogP contribution >= 0.6 is 0 Å². The Morgan fingerprint density at radius 2 is 1.76 bits per heavy atom. The molecule has 1 atom stereocenters. The van der Waals surface area contributed by atoms with Crippen molar-refractivity contribution in [2.24, 2.45) is 0 Å². The fraction of sp³-hybridized carbons (Fsp3) is 0.462. The maximum absolute atomic E-state index is 12.9. The summed E-state index contributed by atoms with van der Waals surface area (Å²) in [7, 11) is 0.488. The van der Waals surface area contributed by atoms with Crippen molar-refractivity contribution in [2.75, 3.05) is 5.75 Å². The molecule has 12 heteroatoms. The molecule has 0 saturated heterocycles. The van der Waals surface area contributed by atoms with Gasteiger partial charge in [0.15, 0.2) is 0 Å². The zero-order valence-corrected chi connectivity index (χ0v) is 15.0. The molecule has 0 radical (unpaired) electrons. The predicted octanol–water partition coefficient (Wildman–Crippen LogP) is -0.939. The fourth-order valence-corrected chi connectivity index (χ4v) is 3.14. The van der Waals surface area contributed by atoms with Crippen LogP contribution in [0.1, 0.15) is 27.0 Å². The van der Waals surface area contributed by atoms with E-state index in [2.05, 4.69) is 4.74 Å². The summed E-state index contributed by atoms with van der Waals surface area (Å²) in [4.78, 5) is 12.3. The standard InChI is InChI=1S/C13H18B3F3O5S/c14-3-7-1-8(4-15)10(5-16)9(2-7)12(20)24-11(13(17,18)19)6-25(21,22)23/h1-2,11H,3-6,14-16H2,(H,21,22,23). The third kappa shape index (κ3) is 6.11. The molecule has 0 bridgehead atoms. The molecular formula is C13H18B3F3O5S. The molecular weight excluding hydrogens is 358 g/mol. The lowest BCUT2D eigenvalue weighted by Crippen LogP contribution is -2.39. The zero-order valence-electron chi connectivity index (χ0n) is 14.2. The first-order valence-electron chi connectivity index (χ1n) is 7.80. The van der Waals surface area contributed by atoms with E-state index >= 15 is 0 Å². The van der Waals surface area contributed by atoms with Gasteiger partial charge < -0.3 is 4.74 Å². The second-order valence-electron chi connectivity index (χ2n) is 5.53. The van der Waals surface area contributed by atoms with Crippen molar-refractivity contribution in [3.8, 4) is 0 Å². The van der Waals surface area contributed by atoms with Gasteiger partial charge in [-0.1, -0.05) is 36.2 Å². The molecule has 0 spiro atoms. The topological polar surface area (TPSA) is 80.7 Å². The normalized spacial score (nSPS) is 13.4. The number of hydrogen-bond acceptors (Lipinski definition) is 4. The monoisotopic (exact) mass is 376 g/mol. The molecule has 1 unspecified atom stereocenters. The molecule has 0 aliphatic carbocycles.